The third-order valence-corrected chi connectivity index (χ3v) is 4.91. The van der Waals surface area contributed by atoms with E-state index < -0.39 is 6.29 Å². The Morgan fingerprint density at radius 1 is 1.00 bits per heavy atom. The minimum atomic E-state index is -0.423. The predicted octanol–water partition coefficient (Wildman–Crippen LogP) is 4.42. The summed E-state index contributed by atoms with van der Waals surface area (Å²) in [7, 11) is 0. The van der Waals surface area contributed by atoms with E-state index in [1.807, 2.05) is 47.4 Å². The molecule has 0 N–H and O–H groups in total. The van der Waals surface area contributed by atoms with Crippen LogP contribution in [0.25, 0.3) is 0 Å². The maximum atomic E-state index is 12.5. The second kappa shape index (κ2) is 6.81. The minimum Gasteiger partial charge on any atom is -0.455 e. The van der Waals surface area contributed by atoms with Gasteiger partial charge in [-0.25, -0.2) is 0 Å². The first-order valence-electron chi connectivity index (χ1n) is 8.28. The van der Waals surface area contributed by atoms with E-state index in [9.17, 15) is 4.79 Å². The number of fused-ring (bicyclic) bond motifs is 1. The van der Waals surface area contributed by atoms with Gasteiger partial charge in [-0.3, -0.25) is 4.79 Å². The molecule has 5 heteroatoms. The van der Waals surface area contributed by atoms with Crippen LogP contribution >= 0.6 is 11.6 Å². The summed E-state index contributed by atoms with van der Waals surface area (Å²) in [5.41, 5.74) is 5.19. The largest absolute Gasteiger partial charge is 0.455 e. The van der Waals surface area contributed by atoms with Crippen molar-refractivity contribution in [1.29, 1.82) is 0 Å². The Hall–Kier alpha value is -2.46. The molecule has 25 heavy (non-hydrogen) atoms. The quantitative estimate of drug-likeness (QED) is 0.762. The molecule has 0 aliphatic carbocycles. The number of hydrogen-bond acceptors (Lipinski definition) is 3. The van der Waals surface area contributed by atoms with Crippen LogP contribution in [0.4, 0.5) is 5.69 Å². The summed E-state index contributed by atoms with van der Waals surface area (Å²) >= 11 is 5.85. The summed E-state index contributed by atoms with van der Waals surface area (Å²) in [6, 6.07) is 14.0. The van der Waals surface area contributed by atoms with Crippen molar-refractivity contribution < 1.29 is 14.3 Å². The number of carbonyl (C=O) groups is 1. The van der Waals surface area contributed by atoms with E-state index in [2.05, 4.69) is 0 Å². The summed E-state index contributed by atoms with van der Waals surface area (Å²) < 4.78 is 11.0. The van der Waals surface area contributed by atoms with E-state index in [4.69, 9.17) is 21.1 Å². The highest BCUT2D eigenvalue weighted by atomic mass is 35.5. The minimum absolute atomic E-state index is 0.137. The zero-order valence-corrected chi connectivity index (χ0v) is 14.4. The van der Waals surface area contributed by atoms with Crippen molar-refractivity contribution in [2.45, 2.75) is 31.6 Å². The van der Waals surface area contributed by atoms with Gasteiger partial charge in [0.25, 0.3) is 6.29 Å². The third-order valence-electron chi connectivity index (χ3n) is 4.60. The summed E-state index contributed by atoms with van der Waals surface area (Å²) in [4.78, 5) is 14.4. The van der Waals surface area contributed by atoms with Crippen LogP contribution in [-0.2, 0) is 33.1 Å². The molecule has 2 aromatic carbocycles. The van der Waals surface area contributed by atoms with Crippen molar-refractivity contribution in [2.24, 2.45) is 0 Å². The maximum Gasteiger partial charge on any atom is 0.266 e. The SMILES string of the molecule is O=C1CCc2c(C3OC=CO3)cccc2N1Cc1ccc(CCl)cc1. The van der Waals surface area contributed by atoms with Crippen molar-refractivity contribution in [3.8, 4) is 0 Å². The number of rotatable bonds is 4. The van der Waals surface area contributed by atoms with E-state index in [1.54, 1.807) is 12.5 Å². The number of benzene rings is 2. The van der Waals surface area contributed by atoms with E-state index in [0.717, 1.165) is 27.9 Å². The van der Waals surface area contributed by atoms with Gasteiger partial charge in [0.15, 0.2) is 0 Å². The van der Waals surface area contributed by atoms with E-state index in [0.29, 0.717) is 25.3 Å². The molecule has 0 spiro atoms. The van der Waals surface area contributed by atoms with Crippen molar-refractivity contribution in [3.05, 3.63) is 77.2 Å². The number of ether oxygens (including phenoxy) is 2. The van der Waals surface area contributed by atoms with Gasteiger partial charge in [-0.05, 0) is 29.2 Å². The number of alkyl halides is 1. The second-order valence-corrected chi connectivity index (χ2v) is 6.42. The average Bonchev–Trinajstić information content (AvgIpc) is 3.18. The van der Waals surface area contributed by atoms with Crippen LogP contribution in [-0.4, -0.2) is 5.91 Å². The Morgan fingerprint density at radius 3 is 2.44 bits per heavy atom. The number of amides is 1. The van der Waals surface area contributed by atoms with Gasteiger partial charge < -0.3 is 14.4 Å². The highest BCUT2D eigenvalue weighted by Crippen LogP contribution is 2.37. The molecule has 2 aromatic rings. The van der Waals surface area contributed by atoms with Crippen LogP contribution < -0.4 is 4.90 Å². The fraction of sp³-hybridized carbons (Fsp3) is 0.250. The number of carbonyl (C=O) groups excluding carboxylic acids is 1. The van der Waals surface area contributed by atoms with Crippen LogP contribution in [0.3, 0.4) is 0 Å². The van der Waals surface area contributed by atoms with Crippen LogP contribution in [0, 0.1) is 0 Å². The van der Waals surface area contributed by atoms with Crippen molar-refractivity contribution in [2.75, 3.05) is 4.90 Å². The Morgan fingerprint density at radius 2 is 1.72 bits per heavy atom. The van der Waals surface area contributed by atoms with Crippen molar-refractivity contribution in [3.63, 3.8) is 0 Å². The molecule has 0 saturated carbocycles. The number of halogens is 1. The topological polar surface area (TPSA) is 38.8 Å². The second-order valence-electron chi connectivity index (χ2n) is 6.15. The van der Waals surface area contributed by atoms with Gasteiger partial charge in [0.05, 0.1) is 6.54 Å². The number of nitrogens with zero attached hydrogens (tertiary/aromatic N) is 1. The molecule has 2 heterocycles. The molecular formula is C20H18ClNO3. The van der Waals surface area contributed by atoms with Gasteiger partial charge in [0.1, 0.15) is 12.5 Å². The molecule has 0 unspecified atom stereocenters. The molecule has 0 atom stereocenters. The molecule has 0 bridgehead atoms. The summed E-state index contributed by atoms with van der Waals surface area (Å²) in [6.45, 7) is 0.544. The number of anilines is 1. The van der Waals surface area contributed by atoms with E-state index >= 15 is 0 Å². The smallest absolute Gasteiger partial charge is 0.266 e. The standard InChI is InChI=1S/C20H18ClNO3/c21-12-14-4-6-15(7-5-14)13-22-18-3-1-2-17(20-24-10-11-25-20)16(18)8-9-19(22)23/h1-7,10-11,20H,8-9,12-13H2. The Balaban J connectivity index is 1.65. The Kier molecular flexibility index (Phi) is 4.36. The summed E-state index contributed by atoms with van der Waals surface area (Å²) in [5.74, 6) is 0.627. The average molecular weight is 356 g/mol. The lowest BCUT2D eigenvalue weighted by Crippen LogP contribution is -2.35. The summed E-state index contributed by atoms with van der Waals surface area (Å²) in [6.07, 6.45) is 3.87. The van der Waals surface area contributed by atoms with Gasteiger partial charge in [0, 0.05) is 23.6 Å². The van der Waals surface area contributed by atoms with E-state index in [1.165, 1.54) is 0 Å². The first-order valence-corrected chi connectivity index (χ1v) is 8.81. The molecule has 0 fully saturated rings. The van der Waals surface area contributed by atoms with Gasteiger partial charge in [0.2, 0.25) is 5.91 Å². The molecule has 0 saturated heterocycles. The number of hydrogen-bond donors (Lipinski definition) is 0. The first-order chi connectivity index (χ1) is 12.3. The first kappa shape index (κ1) is 16.0. The molecular weight excluding hydrogens is 338 g/mol. The monoisotopic (exact) mass is 355 g/mol. The lowest BCUT2D eigenvalue weighted by atomic mass is 9.95. The molecule has 0 aromatic heterocycles. The maximum absolute atomic E-state index is 12.5. The molecule has 128 valence electrons. The molecule has 1 amide bonds. The van der Waals surface area contributed by atoms with Crippen molar-refractivity contribution >= 4 is 23.2 Å². The molecule has 2 aliphatic heterocycles. The van der Waals surface area contributed by atoms with Crippen LogP contribution in [0.15, 0.2) is 55.0 Å². The molecule has 4 nitrogen and oxygen atoms in total. The Bertz CT molecular complexity index is 808. The highest BCUT2D eigenvalue weighted by molar-refractivity contribution is 6.17. The van der Waals surface area contributed by atoms with E-state index in [-0.39, 0.29) is 5.91 Å². The zero-order chi connectivity index (χ0) is 17.2. The van der Waals surface area contributed by atoms with Gasteiger partial charge in [-0.15, -0.1) is 11.6 Å². The molecule has 2 aliphatic rings. The lowest BCUT2D eigenvalue weighted by Gasteiger charge is -2.31. The Labute approximate surface area is 151 Å². The fourth-order valence-corrected chi connectivity index (χ4v) is 3.49. The van der Waals surface area contributed by atoms with Gasteiger partial charge >= 0.3 is 0 Å². The summed E-state index contributed by atoms with van der Waals surface area (Å²) in [5, 5.41) is 0. The highest BCUT2D eigenvalue weighted by Gasteiger charge is 2.29. The van der Waals surface area contributed by atoms with Gasteiger partial charge in [-0.2, -0.15) is 0 Å². The van der Waals surface area contributed by atoms with Crippen molar-refractivity contribution in [1.82, 2.24) is 0 Å². The third kappa shape index (κ3) is 3.10. The van der Waals surface area contributed by atoms with Crippen LogP contribution in [0.1, 0.15) is 35.0 Å². The normalized spacial score (nSPS) is 16.5. The molecule has 4 rings (SSSR count). The lowest BCUT2D eigenvalue weighted by molar-refractivity contribution is -0.119. The zero-order valence-electron chi connectivity index (χ0n) is 13.7. The van der Waals surface area contributed by atoms with Crippen LogP contribution in [0.2, 0.25) is 0 Å². The van der Waals surface area contributed by atoms with Crippen LogP contribution in [0.5, 0.6) is 0 Å². The van der Waals surface area contributed by atoms with Gasteiger partial charge in [-0.1, -0.05) is 36.4 Å². The molecule has 0 radical (unpaired) electrons. The fourth-order valence-electron chi connectivity index (χ4n) is 3.31. The predicted molar refractivity (Wildman–Crippen MR) is 96.0 cm³/mol.